The summed E-state index contributed by atoms with van der Waals surface area (Å²) in [5.74, 6) is 0.213. The highest BCUT2D eigenvalue weighted by molar-refractivity contribution is 5.31. The third kappa shape index (κ3) is 3.42. The number of benzene rings is 1. The van der Waals surface area contributed by atoms with Crippen LogP contribution in [0.1, 0.15) is 49.6 Å². The monoisotopic (exact) mass is 272 g/mol. The Balaban J connectivity index is 2.30. The molecule has 20 heavy (non-hydrogen) atoms. The molecule has 0 amide bonds. The highest BCUT2D eigenvalue weighted by atomic mass is 19.1. The topological polar surface area (TPSA) is 24.9 Å². The molecule has 0 aliphatic carbocycles. The molecule has 2 rings (SSSR count). The largest absolute Gasteiger partial charge is 0.305 e. The second kappa shape index (κ2) is 6.62. The number of pyridine rings is 1. The Morgan fingerprint density at radius 1 is 1.05 bits per heavy atom. The van der Waals surface area contributed by atoms with Gasteiger partial charge >= 0.3 is 0 Å². The lowest BCUT2D eigenvalue weighted by molar-refractivity contribution is 0.594. The zero-order valence-electron chi connectivity index (χ0n) is 12.2. The van der Waals surface area contributed by atoms with E-state index in [2.05, 4.69) is 55.3 Å². The number of aromatic nitrogens is 1. The first-order valence-corrected chi connectivity index (χ1v) is 7.06. The highest BCUT2D eigenvalue weighted by Crippen LogP contribution is 2.23. The summed E-state index contributed by atoms with van der Waals surface area (Å²) in [5, 5.41) is 3.40. The molecule has 0 saturated heterocycles. The number of nitrogens with zero attached hydrogens (tertiary/aromatic N) is 1. The van der Waals surface area contributed by atoms with Crippen LogP contribution in [0.5, 0.6) is 0 Å². The minimum atomic E-state index is -0.306. The maximum atomic E-state index is 13.0. The molecule has 1 aromatic carbocycles. The smallest absolute Gasteiger partial charge is 0.141 e. The lowest BCUT2D eigenvalue weighted by Crippen LogP contribution is -2.23. The minimum absolute atomic E-state index is 0.00168. The van der Waals surface area contributed by atoms with Gasteiger partial charge in [-0.2, -0.15) is 0 Å². The number of hydrogen-bond acceptors (Lipinski definition) is 2. The van der Waals surface area contributed by atoms with Gasteiger partial charge in [0.2, 0.25) is 0 Å². The summed E-state index contributed by atoms with van der Waals surface area (Å²) in [7, 11) is 0. The molecule has 2 nitrogen and oxygen atoms in total. The van der Waals surface area contributed by atoms with Crippen LogP contribution >= 0.6 is 0 Å². The van der Waals surface area contributed by atoms with Crippen molar-refractivity contribution in [1.82, 2.24) is 10.3 Å². The van der Waals surface area contributed by atoms with E-state index < -0.39 is 0 Å². The Labute approximate surface area is 120 Å². The van der Waals surface area contributed by atoms with Crippen molar-refractivity contribution >= 4 is 0 Å². The fraction of sp³-hybridized carbons (Fsp3) is 0.353. The van der Waals surface area contributed by atoms with Crippen molar-refractivity contribution in [2.24, 2.45) is 0 Å². The summed E-state index contributed by atoms with van der Waals surface area (Å²) < 4.78 is 13.0. The molecule has 1 atom stereocenters. The Morgan fingerprint density at radius 2 is 1.70 bits per heavy atom. The molecule has 0 bridgehead atoms. The van der Waals surface area contributed by atoms with E-state index in [1.807, 2.05) is 0 Å². The van der Waals surface area contributed by atoms with E-state index in [0.29, 0.717) is 5.92 Å². The van der Waals surface area contributed by atoms with Crippen molar-refractivity contribution in [1.29, 1.82) is 0 Å². The van der Waals surface area contributed by atoms with Crippen LogP contribution in [0.25, 0.3) is 0 Å². The normalized spacial score (nSPS) is 12.7. The van der Waals surface area contributed by atoms with Gasteiger partial charge in [-0.3, -0.25) is 4.98 Å². The standard InChI is InChI=1S/C17H21FN2/c1-4-19-17(16-10-9-15(18)11-20-16)14-7-5-13(6-8-14)12(2)3/h5-12,17,19H,4H2,1-3H3. The van der Waals surface area contributed by atoms with Crippen molar-refractivity contribution < 1.29 is 4.39 Å². The van der Waals surface area contributed by atoms with E-state index in [0.717, 1.165) is 17.8 Å². The summed E-state index contributed by atoms with van der Waals surface area (Å²) in [5.41, 5.74) is 3.30. The van der Waals surface area contributed by atoms with Gasteiger partial charge < -0.3 is 5.32 Å². The van der Waals surface area contributed by atoms with Gasteiger partial charge in [0.05, 0.1) is 17.9 Å². The number of hydrogen-bond donors (Lipinski definition) is 1. The van der Waals surface area contributed by atoms with Crippen molar-refractivity contribution in [2.75, 3.05) is 6.54 Å². The van der Waals surface area contributed by atoms with Gasteiger partial charge in [-0.05, 0) is 35.7 Å². The molecule has 1 unspecified atom stereocenters. The van der Waals surface area contributed by atoms with E-state index >= 15 is 0 Å². The van der Waals surface area contributed by atoms with Crippen LogP contribution in [0.4, 0.5) is 4.39 Å². The zero-order chi connectivity index (χ0) is 14.5. The van der Waals surface area contributed by atoms with Gasteiger partial charge in [0.1, 0.15) is 5.82 Å². The molecule has 0 radical (unpaired) electrons. The van der Waals surface area contributed by atoms with Crippen molar-refractivity contribution in [2.45, 2.75) is 32.7 Å². The molecule has 3 heteroatoms. The summed E-state index contributed by atoms with van der Waals surface area (Å²) >= 11 is 0. The molecule has 1 heterocycles. The molecule has 1 N–H and O–H groups in total. The van der Waals surface area contributed by atoms with Crippen LogP contribution in [0.15, 0.2) is 42.6 Å². The van der Waals surface area contributed by atoms with Crippen LogP contribution in [0.2, 0.25) is 0 Å². The molecule has 1 aromatic heterocycles. The van der Waals surface area contributed by atoms with Gasteiger partial charge in [-0.15, -0.1) is 0 Å². The summed E-state index contributed by atoms with van der Waals surface area (Å²) in [6.45, 7) is 7.24. The third-order valence-electron chi connectivity index (χ3n) is 3.39. The van der Waals surface area contributed by atoms with Crippen LogP contribution < -0.4 is 5.32 Å². The lowest BCUT2D eigenvalue weighted by Gasteiger charge is -2.18. The summed E-state index contributed by atoms with van der Waals surface area (Å²) in [4.78, 5) is 4.19. The predicted octanol–water partition coefficient (Wildman–Crippen LogP) is 4.04. The summed E-state index contributed by atoms with van der Waals surface area (Å²) in [6.07, 6.45) is 1.27. The van der Waals surface area contributed by atoms with Crippen LogP contribution in [-0.4, -0.2) is 11.5 Å². The Bertz CT molecular complexity index is 532. The van der Waals surface area contributed by atoms with E-state index in [4.69, 9.17) is 0 Å². The zero-order valence-corrected chi connectivity index (χ0v) is 12.2. The molecule has 2 aromatic rings. The van der Waals surface area contributed by atoms with Gasteiger partial charge in [0, 0.05) is 0 Å². The van der Waals surface area contributed by atoms with Crippen LogP contribution in [0, 0.1) is 5.82 Å². The van der Waals surface area contributed by atoms with Gasteiger partial charge in [0.25, 0.3) is 0 Å². The first-order chi connectivity index (χ1) is 9.61. The second-order valence-corrected chi connectivity index (χ2v) is 5.21. The van der Waals surface area contributed by atoms with Gasteiger partial charge in [-0.1, -0.05) is 45.0 Å². The van der Waals surface area contributed by atoms with Gasteiger partial charge in [0.15, 0.2) is 0 Å². The first-order valence-electron chi connectivity index (χ1n) is 7.06. The fourth-order valence-electron chi connectivity index (χ4n) is 2.23. The molecule has 106 valence electrons. The minimum Gasteiger partial charge on any atom is -0.305 e. The Hall–Kier alpha value is -1.74. The third-order valence-corrected chi connectivity index (χ3v) is 3.39. The Morgan fingerprint density at radius 3 is 2.20 bits per heavy atom. The van der Waals surface area contributed by atoms with E-state index in [1.165, 1.54) is 17.8 Å². The van der Waals surface area contributed by atoms with E-state index in [9.17, 15) is 4.39 Å². The van der Waals surface area contributed by atoms with Gasteiger partial charge in [-0.25, -0.2) is 4.39 Å². The average Bonchev–Trinajstić information content (AvgIpc) is 2.46. The highest BCUT2D eigenvalue weighted by Gasteiger charge is 2.14. The molecule has 0 aliphatic rings. The van der Waals surface area contributed by atoms with Crippen molar-refractivity contribution in [3.8, 4) is 0 Å². The molecule has 0 aliphatic heterocycles. The van der Waals surface area contributed by atoms with E-state index in [1.54, 1.807) is 6.07 Å². The number of rotatable bonds is 5. The van der Waals surface area contributed by atoms with E-state index in [-0.39, 0.29) is 11.9 Å². The molecule has 0 fully saturated rings. The SMILES string of the molecule is CCNC(c1ccc(C(C)C)cc1)c1ccc(F)cn1. The summed E-state index contributed by atoms with van der Waals surface area (Å²) in [6, 6.07) is 11.7. The number of nitrogens with one attached hydrogen (secondary N) is 1. The molecule has 0 spiro atoms. The lowest BCUT2D eigenvalue weighted by atomic mass is 9.97. The van der Waals surface area contributed by atoms with Crippen molar-refractivity contribution in [3.05, 3.63) is 65.2 Å². The molecule has 0 saturated carbocycles. The Kier molecular flexibility index (Phi) is 4.85. The van der Waals surface area contributed by atoms with Crippen LogP contribution in [0.3, 0.4) is 0 Å². The second-order valence-electron chi connectivity index (χ2n) is 5.21. The van der Waals surface area contributed by atoms with Crippen molar-refractivity contribution in [3.63, 3.8) is 0 Å². The maximum Gasteiger partial charge on any atom is 0.141 e. The average molecular weight is 272 g/mol. The quantitative estimate of drug-likeness (QED) is 0.888. The molecular weight excluding hydrogens is 251 g/mol. The first kappa shape index (κ1) is 14.7. The number of halogens is 1. The molecular formula is C17H21FN2. The van der Waals surface area contributed by atoms with Crippen LogP contribution in [-0.2, 0) is 0 Å². The predicted molar refractivity (Wildman–Crippen MR) is 80.2 cm³/mol. The fourth-order valence-corrected chi connectivity index (χ4v) is 2.23. The maximum absolute atomic E-state index is 13.0.